The number of aryl methyl sites for hydroxylation is 1. The van der Waals surface area contributed by atoms with E-state index in [0.717, 1.165) is 10.4 Å². The molecule has 0 aromatic carbocycles. The van der Waals surface area contributed by atoms with Crippen molar-refractivity contribution < 1.29 is 14.3 Å². The van der Waals surface area contributed by atoms with Crippen molar-refractivity contribution in [1.29, 1.82) is 0 Å². The summed E-state index contributed by atoms with van der Waals surface area (Å²) in [6.07, 6.45) is 1.83. The summed E-state index contributed by atoms with van der Waals surface area (Å²) in [5.41, 5.74) is 6.97. The molecule has 3 N–H and O–H groups in total. The number of carbonyl (C=O) groups is 2. The van der Waals surface area contributed by atoms with Crippen molar-refractivity contribution in [3.05, 3.63) is 16.0 Å². The van der Waals surface area contributed by atoms with Crippen LogP contribution in [-0.4, -0.2) is 40.0 Å². The summed E-state index contributed by atoms with van der Waals surface area (Å²) < 4.78 is 6.36. The lowest BCUT2D eigenvalue weighted by molar-refractivity contribution is -0.118. The van der Waals surface area contributed by atoms with Crippen LogP contribution in [-0.2, 0) is 9.53 Å². The zero-order valence-electron chi connectivity index (χ0n) is 14.0. The number of carbonyl (C=O) groups excluding carboxylic acids is 2. The summed E-state index contributed by atoms with van der Waals surface area (Å²) in [7, 11) is 1.31. The van der Waals surface area contributed by atoms with Gasteiger partial charge in [-0.05, 0) is 32.6 Å². The second kappa shape index (κ2) is 7.22. The first-order chi connectivity index (χ1) is 11.3. The van der Waals surface area contributed by atoms with Gasteiger partial charge in [0.15, 0.2) is 5.16 Å². The molecule has 2 aromatic rings. The second-order valence-electron chi connectivity index (χ2n) is 5.06. The van der Waals surface area contributed by atoms with Crippen LogP contribution in [0.4, 0.5) is 10.9 Å². The Kier molecular flexibility index (Phi) is 5.50. The second-order valence-corrected chi connectivity index (χ2v) is 7.06. The van der Waals surface area contributed by atoms with E-state index in [1.165, 1.54) is 30.2 Å². The number of nitrogens with two attached hydrogens (primary N) is 1. The molecule has 0 radical (unpaired) electrons. The topological polar surface area (TPSA) is 112 Å². The Morgan fingerprint density at radius 2 is 2.04 bits per heavy atom. The molecule has 2 heterocycles. The molecule has 0 bridgehead atoms. The average Bonchev–Trinajstić information content (AvgIpc) is 3.06. The maximum atomic E-state index is 12.6. The largest absolute Gasteiger partial charge is 0.465 e. The minimum atomic E-state index is -0.629. The summed E-state index contributed by atoms with van der Waals surface area (Å²) in [6.45, 7) is 5.40. The van der Waals surface area contributed by atoms with Gasteiger partial charge in [-0.2, -0.15) is 0 Å². The number of aromatic nitrogens is 3. The summed E-state index contributed by atoms with van der Waals surface area (Å²) in [4.78, 5) is 25.5. The van der Waals surface area contributed by atoms with Gasteiger partial charge in [0.2, 0.25) is 11.9 Å². The van der Waals surface area contributed by atoms with Crippen LogP contribution < -0.4 is 11.1 Å². The molecule has 24 heavy (non-hydrogen) atoms. The van der Waals surface area contributed by atoms with Gasteiger partial charge in [0.25, 0.3) is 0 Å². The van der Waals surface area contributed by atoms with Crippen LogP contribution in [0.5, 0.6) is 0 Å². The van der Waals surface area contributed by atoms with E-state index in [2.05, 4.69) is 15.5 Å². The van der Waals surface area contributed by atoms with Crippen LogP contribution >= 0.6 is 23.1 Å². The number of hydrogen-bond donors (Lipinski definition) is 2. The van der Waals surface area contributed by atoms with Crippen molar-refractivity contribution in [2.24, 2.45) is 0 Å². The fourth-order valence-corrected chi connectivity index (χ4v) is 3.81. The summed E-state index contributed by atoms with van der Waals surface area (Å²) in [6, 6.07) is -0.629. The highest BCUT2D eigenvalue weighted by atomic mass is 32.2. The third kappa shape index (κ3) is 3.24. The first-order valence-corrected chi connectivity index (χ1v) is 9.09. The van der Waals surface area contributed by atoms with E-state index >= 15 is 0 Å². The molecule has 0 aliphatic heterocycles. The highest BCUT2D eigenvalue weighted by Gasteiger charge is 2.26. The Morgan fingerprint density at radius 3 is 2.62 bits per heavy atom. The lowest BCUT2D eigenvalue weighted by Crippen LogP contribution is -2.25. The minimum absolute atomic E-state index is 0.161. The molecule has 0 fully saturated rings. The van der Waals surface area contributed by atoms with E-state index in [1.54, 1.807) is 11.5 Å². The number of esters is 1. The maximum absolute atomic E-state index is 12.6. The summed E-state index contributed by atoms with van der Waals surface area (Å²) in [5.74, 6) is -0.634. The molecule has 0 saturated heterocycles. The van der Waals surface area contributed by atoms with E-state index in [9.17, 15) is 9.59 Å². The predicted octanol–water partition coefficient (Wildman–Crippen LogP) is 2.25. The molecule has 130 valence electrons. The van der Waals surface area contributed by atoms with Crippen molar-refractivity contribution in [3.63, 3.8) is 0 Å². The van der Waals surface area contributed by atoms with Crippen LogP contribution in [0.15, 0.2) is 5.16 Å². The third-order valence-electron chi connectivity index (χ3n) is 3.65. The van der Waals surface area contributed by atoms with Gasteiger partial charge in [0, 0.05) is 4.88 Å². The Bertz CT molecular complexity index is 784. The quantitative estimate of drug-likeness (QED) is 0.614. The van der Waals surface area contributed by atoms with Crippen molar-refractivity contribution in [2.45, 2.75) is 32.0 Å². The fourth-order valence-electron chi connectivity index (χ4n) is 2.19. The van der Waals surface area contributed by atoms with E-state index in [-0.39, 0.29) is 11.9 Å². The number of rotatable bonds is 5. The number of ether oxygens (including phenoxy) is 1. The van der Waals surface area contributed by atoms with Gasteiger partial charge < -0.3 is 15.8 Å². The Morgan fingerprint density at radius 1 is 1.38 bits per heavy atom. The lowest BCUT2D eigenvalue weighted by atomic mass is 10.1. The van der Waals surface area contributed by atoms with Crippen LogP contribution in [0, 0.1) is 13.8 Å². The molecule has 8 nitrogen and oxygen atoms in total. The normalized spacial score (nSPS) is 12.0. The zero-order valence-corrected chi connectivity index (χ0v) is 15.7. The van der Waals surface area contributed by atoms with E-state index in [0.29, 0.717) is 15.7 Å². The number of nitrogens with zero attached hydrogens (tertiary/aromatic N) is 3. The van der Waals surface area contributed by atoms with Crippen molar-refractivity contribution in [3.8, 4) is 0 Å². The predicted molar refractivity (Wildman–Crippen MR) is 94.7 cm³/mol. The highest BCUT2D eigenvalue weighted by molar-refractivity contribution is 7.98. The smallest absolute Gasteiger partial charge is 0.341 e. The molecular formula is C14H19N5O3S2. The number of nitrogens with one attached hydrogen (secondary N) is 1. The van der Waals surface area contributed by atoms with Crippen LogP contribution in [0.25, 0.3) is 0 Å². The number of anilines is 2. The Labute approximate surface area is 147 Å². The molecule has 10 heteroatoms. The number of hydrogen-bond acceptors (Lipinski definition) is 8. The number of thioether (sulfide) groups is 1. The number of methoxy groups -OCH3 is 1. The molecule has 0 aliphatic carbocycles. The molecule has 1 unspecified atom stereocenters. The van der Waals surface area contributed by atoms with Gasteiger partial charge in [-0.1, -0.05) is 11.8 Å². The molecule has 0 aliphatic rings. The minimum Gasteiger partial charge on any atom is -0.465 e. The third-order valence-corrected chi connectivity index (χ3v) is 5.42. The molecule has 2 rings (SSSR count). The fraction of sp³-hybridized carbons (Fsp3) is 0.429. The molecule has 1 atom stereocenters. The van der Waals surface area contributed by atoms with Crippen LogP contribution in [0.3, 0.4) is 0 Å². The van der Waals surface area contributed by atoms with Gasteiger partial charge in [-0.3, -0.25) is 9.36 Å². The highest BCUT2D eigenvalue weighted by Crippen LogP contribution is 2.33. The van der Waals surface area contributed by atoms with Crippen molar-refractivity contribution in [2.75, 3.05) is 24.4 Å². The van der Waals surface area contributed by atoms with Crippen molar-refractivity contribution >= 4 is 45.9 Å². The van der Waals surface area contributed by atoms with Gasteiger partial charge in [0.1, 0.15) is 11.0 Å². The summed E-state index contributed by atoms with van der Waals surface area (Å²) >= 11 is 2.68. The maximum Gasteiger partial charge on any atom is 0.341 e. The molecule has 1 amide bonds. The number of thiophene rings is 1. The Balaban J connectivity index is 2.31. The molecule has 0 saturated carbocycles. The number of nitrogen functional groups attached to an aromatic ring is 1. The molecular weight excluding hydrogens is 350 g/mol. The van der Waals surface area contributed by atoms with E-state index in [1.807, 2.05) is 20.1 Å². The van der Waals surface area contributed by atoms with Gasteiger partial charge in [-0.15, -0.1) is 21.5 Å². The van der Waals surface area contributed by atoms with Gasteiger partial charge >= 0.3 is 5.97 Å². The van der Waals surface area contributed by atoms with E-state index in [4.69, 9.17) is 10.5 Å². The first kappa shape index (κ1) is 18.3. The lowest BCUT2D eigenvalue weighted by Gasteiger charge is -2.15. The molecule has 0 spiro atoms. The number of amides is 1. The molecule has 2 aromatic heterocycles. The van der Waals surface area contributed by atoms with Gasteiger partial charge in [0.05, 0.1) is 12.7 Å². The SMILES string of the molecule is COC(=O)c1c(NC(=O)C(C)n2c(N)nnc2SC)sc(C)c1C. The first-order valence-electron chi connectivity index (χ1n) is 7.05. The average molecular weight is 369 g/mol. The van der Waals surface area contributed by atoms with Crippen molar-refractivity contribution in [1.82, 2.24) is 14.8 Å². The van der Waals surface area contributed by atoms with Gasteiger partial charge in [-0.25, -0.2) is 4.79 Å². The zero-order chi connectivity index (χ0) is 18.0. The Hall–Kier alpha value is -2.07. The van der Waals surface area contributed by atoms with E-state index < -0.39 is 12.0 Å². The van der Waals surface area contributed by atoms with Crippen LogP contribution in [0.1, 0.15) is 33.8 Å². The standard InChI is InChI=1S/C14H19N5O3S2/c1-6-8(3)24-11(9(6)12(21)22-4)16-10(20)7(2)19-13(15)17-18-14(19)23-5/h7H,1-5H3,(H2,15,17)(H,16,20). The van der Waals surface area contributed by atoms with Crippen LogP contribution in [0.2, 0.25) is 0 Å². The monoisotopic (exact) mass is 369 g/mol. The summed E-state index contributed by atoms with van der Waals surface area (Å²) in [5, 5.41) is 11.5.